The van der Waals surface area contributed by atoms with Crippen molar-refractivity contribution >= 4 is 53.8 Å². The second-order valence-electron chi connectivity index (χ2n) is 8.91. The molecule has 8 heteroatoms. The van der Waals surface area contributed by atoms with Crippen molar-refractivity contribution in [1.82, 2.24) is 10.4 Å². The molecule has 0 bridgehead atoms. The van der Waals surface area contributed by atoms with E-state index in [4.69, 9.17) is 28.3 Å². The number of carbonyl (C=O) groups is 1. The van der Waals surface area contributed by atoms with Crippen molar-refractivity contribution in [1.29, 1.82) is 0 Å². The third kappa shape index (κ3) is 4.21. The van der Waals surface area contributed by atoms with Crippen molar-refractivity contribution in [2.45, 2.75) is 31.7 Å². The van der Waals surface area contributed by atoms with Crippen LogP contribution < -0.4 is 15.9 Å². The minimum absolute atomic E-state index is 0.0991. The molecule has 3 unspecified atom stereocenters. The smallest absolute Gasteiger partial charge is 0.281 e. The topological polar surface area (TPSA) is 47.9 Å². The van der Waals surface area contributed by atoms with Gasteiger partial charge in [0.25, 0.3) is 5.91 Å². The van der Waals surface area contributed by atoms with Gasteiger partial charge in [0.15, 0.2) is 0 Å². The number of benzene rings is 2. The fourth-order valence-electron chi connectivity index (χ4n) is 5.12. The Morgan fingerprint density at radius 2 is 1.77 bits per heavy atom. The number of fused-ring (bicyclic) bond motifs is 1. The Morgan fingerprint density at radius 1 is 1.06 bits per heavy atom. The van der Waals surface area contributed by atoms with E-state index in [-0.39, 0.29) is 11.9 Å². The van der Waals surface area contributed by atoms with Crippen LogP contribution in [0.3, 0.4) is 0 Å². The van der Waals surface area contributed by atoms with Crippen LogP contribution in [0.2, 0.25) is 10.0 Å². The van der Waals surface area contributed by atoms with Gasteiger partial charge in [-0.15, -0.1) is 0 Å². The van der Waals surface area contributed by atoms with E-state index in [1.807, 2.05) is 11.1 Å². The van der Waals surface area contributed by atoms with Gasteiger partial charge in [-0.25, -0.2) is 5.01 Å². The summed E-state index contributed by atoms with van der Waals surface area (Å²) >= 11 is 12.6. The first-order valence-electron chi connectivity index (χ1n) is 10.9. The second-order valence-corrected chi connectivity index (χ2v) is 9.76. The Morgan fingerprint density at radius 3 is 2.45 bits per heavy atom. The number of hydrogen-bond donors (Lipinski definition) is 1. The molecule has 2 heterocycles. The van der Waals surface area contributed by atoms with E-state index < -0.39 is 0 Å². The summed E-state index contributed by atoms with van der Waals surface area (Å²) in [5, 5.41) is 9.75. The van der Waals surface area contributed by atoms with E-state index in [0.29, 0.717) is 22.2 Å². The second kappa shape index (κ2) is 8.49. The molecule has 2 aromatic rings. The molecule has 5 nitrogen and oxygen atoms in total. The first-order valence-corrected chi connectivity index (χ1v) is 11.7. The van der Waals surface area contributed by atoms with Crippen molar-refractivity contribution in [3.05, 3.63) is 58.1 Å². The van der Waals surface area contributed by atoms with Crippen molar-refractivity contribution in [3.8, 4) is 0 Å². The molecule has 1 saturated carbocycles. The monoisotopic (exact) mass is 454 g/mol. The number of hydrazine groups is 1. The fourth-order valence-corrected chi connectivity index (χ4v) is 5.61. The van der Waals surface area contributed by atoms with Gasteiger partial charge in [-0.05, 0) is 48.4 Å². The maximum Gasteiger partial charge on any atom is 0.281 e. The van der Waals surface area contributed by atoms with E-state index in [1.54, 1.807) is 12.1 Å². The number of hydrogen-bond acceptors (Lipinski definition) is 4. The van der Waals surface area contributed by atoms with Crippen molar-refractivity contribution in [3.63, 3.8) is 0 Å². The molecule has 160 valence electrons. The van der Waals surface area contributed by atoms with Gasteiger partial charge in [-0.1, -0.05) is 59.4 Å². The van der Waals surface area contributed by atoms with Gasteiger partial charge in [-0.3, -0.25) is 15.2 Å². The number of anilines is 1. The summed E-state index contributed by atoms with van der Waals surface area (Å²) in [6.45, 7) is 1.88. The minimum Gasteiger partial charge on any atom is -0.284 e. The first-order chi connectivity index (χ1) is 15.0. The highest BCUT2D eigenvalue weighted by atomic mass is 35.5. The minimum atomic E-state index is -0.121. The summed E-state index contributed by atoms with van der Waals surface area (Å²) < 4.78 is 0. The molecular weight excluding hydrogens is 430 g/mol. The summed E-state index contributed by atoms with van der Waals surface area (Å²) in [4.78, 5) is 13.1. The van der Waals surface area contributed by atoms with Crippen LogP contribution in [0.25, 0.3) is 0 Å². The lowest BCUT2D eigenvalue weighted by Crippen LogP contribution is -2.44. The molecule has 5 rings (SSSR count). The van der Waals surface area contributed by atoms with Crippen LogP contribution in [0.4, 0.5) is 5.69 Å². The van der Waals surface area contributed by atoms with Crippen LogP contribution in [-0.4, -0.2) is 37.6 Å². The molecule has 2 fully saturated rings. The highest BCUT2D eigenvalue weighted by molar-refractivity contribution is 6.40. The third-order valence-electron chi connectivity index (χ3n) is 6.78. The first kappa shape index (κ1) is 20.9. The molecule has 1 saturated heterocycles. The maximum absolute atomic E-state index is 13.1. The van der Waals surface area contributed by atoms with E-state index in [1.165, 1.54) is 24.7 Å². The van der Waals surface area contributed by atoms with Crippen LogP contribution in [0, 0.1) is 11.8 Å². The molecule has 0 radical (unpaired) electrons. The zero-order valence-corrected chi connectivity index (χ0v) is 19.0. The van der Waals surface area contributed by atoms with Gasteiger partial charge in [0.2, 0.25) is 0 Å². The van der Waals surface area contributed by atoms with E-state index >= 15 is 0 Å². The molecule has 1 amide bonds. The highest BCUT2D eigenvalue weighted by Gasteiger charge is 2.38. The van der Waals surface area contributed by atoms with Gasteiger partial charge < -0.3 is 0 Å². The Kier molecular flexibility index (Phi) is 5.72. The third-order valence-corrected chi connectivity index (χ3v) is 7.31. The van der Waals surface area contributed by atoms with Crippen LogP contribution in [0.15, 0.2) is 47.6 Å². The Hall–Kier alpha value is -2.02. The molecular formula is C23H25BCl2N4O. The van der Waals surface area contributed by atoms with Crippen molar-refractivity contribution in [2.75, 3.05) is 18.1 Å². The number of nitrogens with zero attached hydrogens (tertiary/aromatic N) is 3. The summed E-state index contributed by atoms with van der Waals surface area (Å²) in [5.74, 6) is 1.32. The molecule has 0 aromatic heterocycles. The fraction of sp³-hybridized carbons (Fsp3) is 0.391. The normalized spacial score (nSPS) is 25.5. The Labute approximate surface area is 193 Å². The van der Waals surface area contributed by atoms with E-state index in [2.05, 4.69) is 42.5 Å². The van der Waals surface area contributed by atoms with E-state index in [0.717, 1.165) is 36.2 Å². The van der Waals surface area contributed by atoms with Crippen LogP contribution in [0.1, 0.15) is 37.3 Å². The van der Waals surface area contributed by atoms with Crippen molar-refractivity contribution in [2.24, 2.45) is 16.9 Å². The van der Waals surface area contributed by atoms with Gasteiger partial charge in [-0.2, -0.15) is 5.10 Å². The van der Waals surface area contributed by atoms with Crippen LogP contribution in [-0.2, 0) is 4.79 Å². The predicted octanol–water partition coefficient (Wildman–Crippen LogP) is 3.32. The van der Waals surface area contributed by atoms with Crippen LogP contribution in [0.5, 0.6) is 0 Å². The summed E-state index contributed by atoms with van der Waals surface area (Å²) in [5.41, 5.74) is 6.66. The number of hydrazone groups is 1. The van der Waals surface area contributed by atoms with Gasteiger partial charge in [0.1, 0.15) is 13.6 Å². The number of rotatable bonds is 4. The lowest BCUT2D eigenvalue weighted by atomic mass is 9.92. The summed E-state index contributed by atoms with van der Waals surface area (Å²) in [6.07, 6.45) is 4.39. The Bertz CT molecular complexity index is 1020. The molecule has 2 aliphatic heterocycles. The SMILES string of the molecule is Bc1ccc(C2CC(C(=O)NN3CC4CCCC4C3)=NN2c2ccc(Cl)cc2Cl)cc1. The largest absolute Gasteiger partial charge is 0.284 e. The number of carbonyl (C=O) groups excluding carboxylic acids is 1. The molecule has 2 aromatic carbocycles. The van der Waals surface area contributed by atoms with E-state index in [9.17, 15) is 4.79 Å². The molecule has 1 N–H and O–H groups in total. The standard InChI is InChI=1S/C23H25BCl2N4O/c24-17-6-4-14(5-7-17)22-11-20(27-30(22)21-9-8-18(25)10-19(21)26)23(31)28-29-12-15-2-1-3-16(15)13-29/h4-10,15-16,22H,1-3,11-13,24H2,(H,28,31). The zero-order chi connectivity index (χ0) is 21.5. The quantitative estimate of drug-likeness (QED) is 0.720. The predicted molar refractivity (Wildman–Crippen MR) is 129 cm³/mol. The highest BCUT2D eigenvalue weighted by Crippen LogP contribution is 2.40. The van der Waals surface area contributed by atoms with Gasteiger partial charge in [0, 0.05) is 24.5 Å². The summed E-state index contributed by atoms with van der Waals surface area (Å²) in [7, 11) is 2.06. The number of halogens is 2. The average molecular weight is 455 g/mol. The molecule has 3 atom stereocenters. The zero-order valence-electron chi connectivity index (χ0n) is 17.5. The van der Waals surface area contributed by atoms with Crippen molar-refractivity contribution < 1.29 is 4.79 Å². The maximum atomic E-state index is 13.1. The molecule has 3 aliphatic rings. The summed E-state index contributed by atoms with van der Waals surface area (Å²) in [6, 6.07) is 13.6. The Balaban J connectivity index is 1.39. The van der Waals surface area contributed by atoms with Crippen LogP contribution >= 0.6 is 23.2 Å². The van der Waals surface area contributed by atoms with Gasteiger partial charge in [0.05, 0.1) is 16.8 Å². The molecule has 31 heavy (non-hydrogen) atoms. The number of amides is 1. The lowest BCUT2D eigenvalue weighted by molar-refractivity contribution is -0.119. The average Bonchev–Trinajstić information content (AvgIpc) is 3.43. The molecule has 1 aliphatic carbocycles. The number of nitrogens with one attached hydrogen (secondary N) is 1. The molecule has 0 spiro atoms. The lowest BCUT2D eigenvalue weighted by Gasteiger charge is -2.25. The van der Waals surface area contributed by atoms with Gasteiger partial charge >= 0.3 is 0 Å².